The van der Waals surface area contributed by atoms with E-state index in [1.54, 1.807) is 11.3 Å². The van der Waals surface area contributed by atoms with Crippen LogP contribution >= 0.6 is 43.2 Å². The molecule has 2 nitrogen and oxygen atoms in total. The molecule has 2 rings (SSSR count). The first-order chi connectivity index (χ1) is 4.79. The summed E-state index contributed by atoms with van der Waals surface area (Å²) in [5.41, 5.74) is 0. The molecule has 2 heterocycles. The van der Waals surface area contributed by atoms with E-state index < -0.39 is 0 Å². The molecule has 0 aliphatic heterocycles. The highest BCUT2D eigenvalue weighted by Crippen LogP contribution is 2.25. The number of halogens is 2. The van der Waals surface area contributed by atoms with Crippen molar-refractivity contribution in [3.63, 3.8) is 0 Å². The first-order valence-electron chi connectivity index (χ1n) is 2.55. The minimum atomic E-state index is 0.843. The lowest BCUT2D eigenvalue weighted by Crippen LogP contribution is -1.73. The van der Waals surface area contributed by atoms with Crippen molar-refractivity contribution in [3.05, 3.63) is 20.9 Å². The number of hydrogen-bond donors (Lipinski definition) is 0. The van der Waals surface area contributed by atoms with E-state index >= 15 is 0 Å². The Morgan fingerprint density at radius 1 is 1.50 bits per heavy atom. The van der Waals surface area contributed by atoms with Crippen LogP contribution in [0, 0.1) is 0 Å². The molecule has 0 N–H and O–H groups in total. The second-order valence-corrected chi connectivity index (χ2v) is 4.10. The molecule has 0 bridgehead atoms. The third-order valence-electron chi connectivity index (χ3n) is 1.17. The summed E-state index contributed by atoms with van der Waals surface area (Å²) in [5, 5.41) is 2.02. The van der Waals surface area contributed by atoms with Crippen LogP contribution in [0.5, 0.6) is 0 Å². The smallest absolute Gasteiger partial charge is 0.183 e. The van der Waals surface area contributed by atoms with Crippen LogP contribution in [0.4, 0.5) is 0 Å². The Labute approximate surface area is 78.1 Å². The molecule has 0 saturated heterocycles. The van der Waals surface area contributed by atoms with Crippen molar-refractivity contribution in [1.82, 2.24) is 9.38 Å². The molecule has 0 aliphatic rings. The van der Waals surface area contributed by atoms with E-state index in [2.05, 4.69) is 36.8 Å². The molecule has 0 fully saturated rings. The van der Waals surface area contributed by atoms with Crippen LogP contribution in [0.2, 0.25) is 0 Å². The Morgan fingerprint density at radius 2 is 2.30 bits per heavy atom. The molecule has 2 aromatic heterocycles. The van der Waals surface area contributed by atoms with Gasteiger partial charge >= 0.3 is 0 Å². The van der Waals surface area contributed by atoms with Crippen LogP contribution in [0.3, 0.4) is 0 Å². The van der Waals surface area contributed by atoms with Crippen LogP contribution in [0.15, 0.2) is 20.9 Å². The Morgan fingerprint density at radius 3 is 3.00 bits per heavy atom. The minimum absolute atomic E-state index is 0.843. The number of aromatic nitrogens is 2. The van der Waals surface area contributed by atoms with Crippen LogP contribution in [-0.4, -0.2) is 9.38 Å². The van der Waals surface area contributed by atoms with Crippen LogP contribution in [0.1, 0.15) is 0 Å². The van der Waals surface area contributed by atoms with Gasteiger partial charge in [-0.2, -0.15) is 0 Å². The third kappa shape index (κ3) is 0.844. The molecule has 0 amide bonds. The average molecular weight is 282 g/mol. The normalized spacial score (nSPS) is 11.0. The first kappa shape index (κ1) is 6.82. The van der Waals surface area contributed by atoms with Gasteiger partial charge in [-0.3, -0.25) is 4.40 Å². The van der Waals surface area contributed by atoms with Gasteiger partial charge in [-0.1, -0.05) is 0 Å². The van der Waals surface area contributed by atoms with E-state index in [-0.39, 0.29) is 0 Å². The Bertz CT molecular complexity index is 333. The summed E-state index contributed by atoms with van der Waals surface area (Å²) in [5.74, 6) is 0. The van der Waals surface area contributed by atoms with E-state index in [0.717, 1.165) is 14.2 Å². The maximum Gasteiger partial charge on any atom is 0.183 e. The van der Waals surface area contributed by atoms with Gasteiger partial charge in [0.25, 0.3) is 0 Å². The van der Waals surface area contributed by atoms with Gasteiger partial charge < -0.3 is 0 Å². The summed E-state index contributed by atoms with van der Waals surface area (Å²) in [7, 11) is 0. The highest BCUT2D eigenvalue weighted by atomic mass is 79.9. The fraction of sp³-hybridized carbons (Fsp3) is 0. The number of thiazole rings is 1. The minimum Gasteiger partial charge on any atom is -0.284 e. The summed E-state index contributed by atoms with van der Waals surface area (Å²) < 4.78 is 3.72. The van der Waals surface area contributed by atoms with Crippen molar-refractivity contribution >= 4 is 48.0 Å². The molecule has 52 valence electrons. The predicted molar refractivity (Wildman–Crippen MR) is 48.5 cm³/mol. The van der Waals surface area contributed by atoms with Gasteiger partial charge in [-0.15, -0.1) is 11.3 Å². The van der Waals surface area contributed by atoms with E-state index in [1.807, 2.05) is 16.0 Å². The zero-order chi connectivity index (χ0) is 7.14. The van der Waals surface area contributed by atoms with Crippen molar-refractivity contribution in [2.75, 3.05) is 0 Å². The molecule has 10 heavy (non-hydrogen) atoms. The summed E-state index contributed by atoms with van der Waals surface area (Å²) in [6, 6.07) is 0. The van der Waals surface area contributed by atoms with Crippen molar-refractivity contribution in [2.24, 2.45) is 0 Å². The maximum atomic E-state index is 4.16. The van der Waals surface area contributed by atoms with Gasteiger partial charge in [-0.25, -0.2) is 4.98 Å². The molecular formula is C5H2Br2N2S. The molecule has 0 aliphatic carbocycles. The van der Waals surface area contributed by atoms with Crippen molar-refractivity contribution < 1.29 is 0 Å². The highest BCUT2D eigenvalue weighted by molar-refractivity contribution is 9.11. The van der Waals surface area contributed by atoms with Gasteiger partial charge in [0, 0.05) is 11.6 Å². The van der Waals surface area contributed by atoms with Gasteiger partial charge in [-0.05, 0) is 31.9 Å². The highest BCUT2D eigenvalue weighted by Gasteiger charge is 2.05. The lowest BCUT2D eigenvalue weighted by Gasteiger charge is -1.79. The molecule has 0 unspecified atom stereocenters. The van der Waals surface area contributed by atoms with Gasteiger partial charge in [0.05, 0.1) is 0 Å². The second kappa shape index (κ2) is 2.32. The fourth-order valence-electron chi connectivity index (χ4n) is 0.756. The van der Waals surface area contributed by atoms with Crippen LogP contribution < -0.4 is 0 Å². The first-order valence-corrected chi connectivity index (χ1v) is 5.02. The van der Waals surface area contributed by atoms with E-state index in [1.165, 1.54) is 0 Å². The summed E-state index contributed by atoms with van der Waals surface area (Å²) in [6.45, 7) is 0. The zero-order valence-electron chi connectivity index (χ0n) is 4.71. The molecule has 0 saturated carbocycles. The van der Waals surface area contributed by atoms with Crippen molar-refractivity contribution in [1.29, 1.82) is 0 Å². The SMILES string of the molecule is Brc1nc(Br)n2ccsc12. The summed E-state index contributed by atoms with van der Waals surface area (Å²) >= 11 is 8.33. The largest absolute Gasteiger partial charge is 0.284 e. The molecular weight excluding hydrogens is 280 g/mol. The molecule has 0 aromatic carbocycles. The van der Waals surface area contributed by atoms with E-state index in [9.17, 15) is 0 Å². The van der Waals surface area contributed by atoms with Crippen LogP contribution in [-0.2, 0) is 0 Å². The number of imidazole rings is 1. The molecule has 0 atom stereocenters. The number of fused-ring (bicyclic) bond motifs is 1. The number of nitrogens with zero attached hydrogens (tertiary/aromatic N) is 2. The summed E-state index contributed by atoms with van der Waals surface area (Å²) in [4.78, 5) is 5.29. The van der Waals surface area contributed by atoms with E-state index in [0.29, 0.717) is 0 Å². The third-order valence-corrected chi connectivity index (χ3v) is 3.42. The van der Waals surface area contributed by atoms with Crippen molar-refractivity contribution in [3.8, 4) is 0 Å². The standard InChI is InChI=1S/C5H2Br2N2S/c6-3-4-9(1-2-10-4)5(7)8-3/h1-2H. The van der Waals surface area contributed by atoms with Gasteiger partial charge in [0.2, 0.25) is 0 Å². The van der Waals surface area contributed by atoms with E-state index in [4.69, 9.17) is 0 Å². The van der Waals surface area contributed by atoms with Gasteiger partial charge in [0.1, 0.15) is 9.43 Å². The molecule has 5 heteroatoms. The monoisotopic (exact) mass is 280 g/mol. The Hall–Kier alpha value is 0.130. The summed E-state index contributed by atoms with van der Waals surface area (Å²) in [6.07, 6.45) is 1.97. The average Bonchev–Trinajstić information content (AvgIpc) is 2.39. The second-order valence-electron chi connectivity index (χ2n) is 1.75. The maximum absolute atomic E-state index is 4.16. The number of rotatable bonds is 0. The van der Waals surface area contributed by atoms with Gasteiger partial charge in [0.15, 0.2) is 4.73 Å². The fourth-order valence-corrected chi connectivity index (χ4v) is 2.94. The predicted octanol–water partition coefficient (Wildman–Crippen LogP) is 2.92. The lowest BCUT2D eigenvalue weighted by atomic mass is 10.9. The molecule has 2 aromatic rings. The zero-order valence-corrected chi connectivity index (χ0v) is 8.70. The quantitative estimate of drug-likeness (QED) is 0.726. The molecule has 0 spiro atoms. The van der Waals surface area contributed by atoms with Crippen LogP contribution in [0.25, 0.3) is 4.83 Å². The lowest BCUT2D eigenvalue weighted by molar-refractivity contribution is 1.11. The Balaban J connectivity index is 2.98. The van der Waals surface area contributed by atoms with Crippen molar-refractivity contribution in [2.45, 2.75) is 0 Å². The topological polar surface area (TPSA) is 17.3 Å². The Kier molecular flexibility index (Phi) is 1.58. The number of hydrogen-bond acceptors (Lipinski definition) is 2. The molecule has 0 radical (unpaired) electrons.